The summed E-state index contributed by atoms with van der Waals surface area (Å²) >= 11 is 0. The van der Waals surface area contributed by atoms with Gasteiger partial charge >= 0.3 is 0 Å². The first-order valence-corrected chi connectivity index (χ1v) is 9.58. The molecule has 0 bridgehead atoms. The maximum absolute atomic E-state index is 13.6. The summed E-state index contributed by atoms with van der Waals surface area (Å²) in [6, 6.07) is 23.8. The van der Waals surface area contributed by atoms with E-state index < -0.39 is 6.10 Å². The molecule has 0 aliphatic heterocycles. The van der Waals surface area contributed by atoms with Gasteiger partial charge in [-0.05, 0) is 47.5 Å². The second kappa shape index (κ2) is 10.6. The molecule has 1 atom stereocenters. The van der Waals surface area contributed by atoms with E-state index in [1.54, 1.807) is 25.3 Å². The van der Waals surface area contributed by atoms with E-state index in [1.807, 2.05) is 48.5 Å². The van der Waals surface area contributed by atoms with Gasteiger partial charge in [0.25, 0.3) is 0 Å². The number of hydrogen-bond donors (Lipinski definition) is 1. The van der Waals surface area contributed by atoms with E-state index >= 15 is 0 Å². The number of aliphatic hydroxyl groups excluding tert-OH is 1. The van der Waals surface area contributed by atoms with E-state index in [9.17, 15) is 9.50 Å². The first-order chi connectivity index (χ1) is 14.1. The number of benzene rings is 3. The van der Waals surface area contributed by atoms with Gasteiger partial charge in [-0.3, -0.25) is 4.90 Å². The standard InChI is InChI=1S/C24H26FNO3/c1-28-23-10-12-24(13-11-23)29-18-22(27)17-26(15-19-6-3-2-4-7-19)16-20-8-5-9-21(25)14-20/h2-14,22,27H,15-18H2,1H3. The molecule has 3 aromatic carbocycles. The number of aliphatic hydroxyl groups is 1. The van der Waals surface area contributed by atoms with E-state index in [-0.39, 0.29) is 12.4 Å². The number of ether oxygens (including phenoxy) is 2. The second-order valence-electron chi connectivity index (χ2n) is 6.93. The predicted molar refractivity (Wildman–Crippen MR) is 111 cm³/mol. The first kappa shape index (κ1) is 20.8. The first-order valence-electron chi connectivity index (χ1n) is 9.58. The molecule has 0 saturated carbocycles. The third kappa shape index (κ3) is 6.89. The van der Waals surface area contributed by atoms with Crippen LogP contribution in [0.4, 0.5) is 4.39 Å². The Labute approximate surface area is 171 Å². The zero-order valence-electron chi connectivity index (χ0n) is 16.5. The summed E-state index contributed by atoms with van der Waals surface area (Å²) in [6.45, 7) is 1.76. The highest BCUT2D eigenvalue weighted by Gasteiger charge is 2.14. The predicted octanol–water partition coefficient (Wildman–Crippen LogP) is 4.28. The Bertz CT molecular complexity index is 871. The average Bonchev–Trinajstić information content (AvgIpc) is 2.73. The van der Waals surface area contributed by atoms with E-state index in [0.29, 0.717) is 25.4 Å². The van der Waals surface area contributed by atoms with Crippen LogP contribution in [0.15, 0.2) is 78.9 Å². The van der Waals surface area contributed by atoms with E-state index in [2.05, 4.69) is 4.90 Å². The summed E-state index contributed by atoms with van der Waals surface area (Å²) in [6.07, 6.45) is -0.686. The molecule has 0 heterocycles. The number of nitrogens with zero attached hydrogens (tertiary/aromatic N) is 1. The van der Waals surface area contributed by atoms with Crippen molar-refractivity contribution in [2.24, 2.45) is 0 Å². The van der Waals surface area contributed by atoms with Crippen LogP contribution in [0.3, 0.4) is 0 Å². The van der Waals surface area contributed by atoms with Crippen LogP contribution < -0.4 is 9.47 Å². The molecule has 0 spiro atoms. The molecule has 3 aromatic rings. The number of methoxy groups -OCH3 is 1. The smallest absolute Gasteiger partial charge is 0.123 e. The quantitative estimate of drug-likeness (QED) is 0.557. The van der Waals surface area contributed by atoms with Crippen molar-refractivity contribution in [3.63, 3.8) is 0 Å². The summed E-state index contributed by atoms with van der Waals surface area (Å²) in [7, 11) is 1.61. The van der Waals surface area contributed by atoms with Crippen molar-refractivity contribution in [3.8, 4) is 11.5 Å². The zero-order chi connectivity index (χ0) is 20.5. The van der Waals surface area contributed by atoms with Crippen molar-refractivity contribution in [2.75, 3.05) is 20.3 Å². The monoisotopic (exact) mass is 395 g/mol. The summed E-state index contributed by atoms with van der Waals surface area (Å²) in [4.78, 5) is 2.09. The van der Waals surface area contributed by atoms with Crippen molar-refractivity contribution in [2.45, 2.75) is 19.2 Å². The Morgan fingerprint density at radius 3 is 2.21 bits per heavy atom. The Balaban J connectivity index is 1.61. The highest BCUT2D eigenvalue weighted by Crippen LogP contribution is 2.17. The summed E-state index contributed by atoms with van der Waals surface area (Å²) < 4.78 is 24.4. The second-order valence-corrected chi connectivity index (χ2v) is 6.93. The molecule has 4 nitrogen and oxygen atoms in total. The Hall–Kier alpha value is -2.89. The lowest BCUT2D eigenvalue weighted by Gasteiger charge is -2.25. The third-order valence-corrected chi connectivity index (χ3v) is 4.51. The maximum Gasteiger partial charge on any atom is 0.123 e. The molecule has 0 saturated heterocycles. The van der Waals surface area contributed by atoms with E-state index in [1.165, 1.54) is 12.1 Å². The van der Waals surface area contributed by atoms with Gasteiger partial charge in [0.05, 0.1) is 7.11 Å². The van der Waals surface area contributed by atoms with Crippen LogP contribution >= 0.6 is 0 Å². The lowest BCUT2D eigenvalue weighted by atomic mass is 10.1. The van der Waals surface area contributed by atoms with E-state index in [4.69, 9.17) is 9.47 Å². The highest BCUT2D eigenvalue weighted by molar-refractivity contribution is 5.31. The summed E-state index contributed by atoms with van der Waals surface area (Å²) in [5, 5.41) is 10.5. The van der Waals surface area contributed by atoms with Crippen LogP contribution in [-0.2, 0) is 13.1 Å². The van der Waals surface area contributed by atoms with Gasteiger partial charge < -0.3 is 14.6 Å². The molecule has 152 valence electrons. The van der Waals surface area contributed by atoms with E-state index in [0.717, 1.165) is 16.9 Å². The van der Waals surface area contributed by atoms with Crippen LogP contribution in [0.1, 0.15) is 11.1 Å². The molecule has 3 rings (SSSR count). The lowest BCUT2D eigenvalue weighted by molar-refractivity contribution is 0.0628. The SMILES string of the molecule is COc1ccc(OCC(O)CN(Cc2ccccc2)Cc2cccc(F)c2)cc1. The lowest BCUT2D eigenvalue weighted by Crippen LogP contribution is -2.35. The van der Waals surface area contributed by atoms with Crippen molar-refractivity contribution in [3.05, 3.63) is 95.8 Å². The fourth-order valence-corrected chi connectivity index (χ4v) is 3.14. The average molecular weight is 395 g/mol. The molecule has 0 amide bonds. The number of rotatable bonds is 10. The molecule has 1 unspecified atom stereocenters. The molecule has 0 aromatic heterocycles. The molecule has 5 heteroatoms. The minimum atomic E-state index is -0.686. The van der Waals surface area contributed by atoms with Crippen LogP contribution in [0.2, 0.25) is 0 Å². The molecular weight excluding hydrogens is 369 g/mol. The van der Waals surface area contributed by atoms with Crippen molar-refractivity contribution < 1.29 is 19.0 Å². The fraction of sp³-hybridized carbons (Fsp3) is 0.250. The molecule has 0 radical (unpaired) electrons. The number of hydrogen-bond acceptors (Lipinski definition) is 4. The maximum atomic E-state index is 13.6. The fourth-order valence-electron chi connectivity index (χ4n) is 3.14. The van der Waals surface area contributed by atoms with Gasteiger partial charge in [0, 0.05) is 19.6 Å². The van der Waals surface area contributed by atoms with Crippen LogP contribution in [0.25, 0.3) is 0 Å². The Morgan fingerprint density at radius 1 is 0.862 bits per heavy atom. The van der Waals surface area contributed by atoms with Gasteiger partial charge in [0.2, 0.25) is 0 Å². The molecular formula is C24H26FNO3. The molecule has 1 N–H and O–H groups in total. The van der Waals surface area contributed by atoms with Crippen LogP contribution in [0, 0.1) is 5.82 Å². The Morgan fingerprint density at radius 2 is 1.52 bits per heavy atom. The van der Waals surface area contributed by atoms with Crippen molar-refractivity contribution in [1.29, 1.82) is 0 Å². The van der Waals surface area contributed by atoms with Crippen LogP contribution in [-0.4, -0.2) is 36.4 Å². The van der Waals surface area contributed by atoms with Gasteiger partial charge in [-0.25, -0.2) is 4.39 Å². The highest BCUT2D eigenvalue weighted by atomic mass is 19.1. The number of halogens is 1. The Kier molecular flexibility index (Phi) is 7.61. The normalized spacial score (nSPS) is 12.0. The molecule has 29 heavy (non-hydrogen) atoms. The topological polar surface area (TPSA) is 41.9 Å². The summed E-state index contributed by atoms with van der Waals surface area (Å²) in [5.41, 5.74) is 2.00. The van der Waals surface area contributed by atoms with Gasteiger partial charge in [-0.15, -0.1) is 0 Å². The van der Waals surface area contributed by atoms with Crippen LogP contribution in [0.5, 0.6) is 11.5 Å². The van der Waals surface area contributed by atoms with Crippen molar-refractivity contribution >= 4 is 0 Å². The largest absolute Gasteiger partial charge is 0.497 e. The molecule has 0 aliphatic carbocycles. The summed E-state index contributed by atoms with van der Waals surface area (Å²) in [5.74, 6) is 1.16. The van der Waals surface area contributed by atoms with Gasteiger partial charge in [-0.2, -0.15) is 0 Å². The molecule has 0 fully saturated rings. The molecule has 0 aliphatic rings. The van der Waals surface area contributed by atoms with Gasteiger partial charge in [0.1, 0.15) is 30.0 Å². The zero-order valence-corrected chi connectivity index (χ0v) is 16.5. The third-order valence-electron chi connectivity index (χ3n) is 4.51. The minimum absolute atomic E-state index is 0.167. The minimum Gasteiger partial charge on any atom is -0.497 e. The van der Waals surface area contributed by atoms with Crippen molar-refractivity contribution in [1.82, 2.24) is 4.90 Å². The van der Waals surface area contributed by atoms with Gasteiger partial charge in [0.15, 0.2) is 0 Å². The van der Waals surface area contributed by atoms with Gasteiger partial charge in [-0.1, -0.05) is 42.5 Å².